The molecular formula is C49H31NS2. The van der Waals surface area contributed by atoms with Crippen molar-refractivity contribution in [3.05, 3.63) is 210 Å². The predicted octanol–water partition coefficient (Wildman–Crippen LogP) is 13.4. The van der Waals surface area contributed by atoms with Gasteiger partial charge in [-0.1, -0.05) is 169 Å². The number of rotatable bonds is 3. The summed E-state index contributed by atoms with van der Waals surface area (Å²) < 4.78 is 2.42. The molecule has 1 spiro atoms. The molecular weight excluding hydrogens is 667 g/mol. The van der Waals surface area contributed by atoms with Crippen molar-refractivity contribution < 1.29 is 0 Å². The van der Waals surface area contributed by atoms with E-state index in [1.807, 2.05) is 23.5 Å². The van der Waals surface area contributed by atoms with Crippen LogP contribution >= 0.6 is 23.5 Å². The summed E-state index contributed by atoms with van der Waals surface area (Å²) in [6, 6.07) is 69.7. The summed E-state index contributed by atoms with van der Waals surface area (Å²) >= 11 is 3.82. The van der Waals surface area contributed by atoms with Crippen molar-refractivity contribution in [1.29, 1.82) is 0 Å². The van der Waals surface area contributed by atoms with Gasteiger partial charge >= 0.3 is 0 Å². The molecule has 0 aliphatic carbocycles. The maximum absolute atomic E-state index is 2.43. The highest BCUT2D eigenvalue weighted by molar-refractivity contribution is 8.00. The van der Waals surface area contributed by atoms with Crippen molar-refractivity contribution in [1.82, 2.24) is 4.57 Å². The van der Waals surface area contributed by atoms with E-state index < -0.39 is 5.41 Å². The quantitative estimate of drug-likeness (QED) is 0.181. The number of aromatic nitrogens is 1. The third-order valence-electron chi connectivity index (χ3n) is 10.9. The largest absolute Gasteiger partial charge is 0.309 e. The summed E-state index contributed by atoms with van der Waals surface area (Å²) in [5.41, 5.74) is 13.5. The maximum atomic E-state index is 2.43. The van der Waals surface area contributed by atoms with Crippen LogP contribution in [0.5, 0.6) is 0 Å². The monoisotopic (exact) mass is 697 g/mol. The maximum Gasteiger partial charge on any atom is 0.0745 e. The fourth-order valence-electron chi connectivity index (χ4n) is 8.72. The summed E-state index contributed by atoms with van der Waals surface area (Å²) in [7, 11) is 0. The number of benzene rings is 8. The Morgan fingerprint density at radius 2 is 0.981 bits per heavy atom. The molecule has 8 aromatic carbocycles. The van der Waals surface area contributed by atoms with Crippen LogP contribution in [-0.4, -0.2) is 4.57 Å². The van der Waals surface area contributed by atoms with Crippen molar-refractivity contribution in [3.8, 4) is 27.9 Å². The molecule has 3 heterocycles. The van der Waals surface area contributed by atoms with Gasteiger partial charge in [-0.2, -0.15) is 0 Å². The second kappa shape index (κ2) is 11.6. The second-order valence-corrected chi connectivity index (χ2v) is 15.8. The van der Waals surface area contributed by atoms with Gasteiger partial charge in [0.05, 0.1) is 16.4 Å². The summed E-state index contributed by atoms with van der Waals surface area (Å²) in [6.07, 6.45) is 0. The first-order valence-electron chi connectivity index (χ1n) is 17.8. The van der Waals surface area contributed by atoms with Crippen LogP contribution < -0.4 is 0 Å². The number of hydrogen-bond donors (Lipinski definition) is 0. The lowest BCUT2D eigenvalue weighted by Gasteiger charge is -2.46. The zero-order chi connectivity index (χ0) is 34.2. The Morgan fingerprint density at radius 3 is 1.77 bits per heavy atom. The minimum atomic E-state index is -0.470. The average Bonchev–Trinajstić information content (AvgIpc) is 3.54. The average molecular weight is 698 g/mol. The highest BCUT2D eigenvalue weighted by atomic mass is 32.2. The van der Waals surface area contributed by atoms with Crippen LogP contribution in [-0.2, 0) is 5.41 Å². The fraction of sp³-hybridized carbons (Fsp3) is 0.0204. The Hall–Kier alpha value is -5.74. The number of hydrogen-bond acceptors (Lipinski definition) is 2. The van der Waals surface area contributed by atoms with E-state index in [9.17, 15) is 0 Å². The van der Waals surface area contributed by atoms with Gasteiger partial charge in [0, 0.05) is 36.0 Å². The minimum Gasteiger partial charge on any atom is -0.309 e. The normalized spacial score (nSPS) is 13.8. The predicted molar refractivity (Wildman–Crippen MR) is 218 cm³/mol. The fourth-order valence-corrected chi connectivity index (χ4v) is 11.3. The zero-order valence-electron chi connectivity index (χ0n) is 28.2. The lowest BCUT2D eigenvalue weighted by atomic mass is 9.64. The standard InChI is InChI=1S/C49H31NS2/c1-3-14-32(15-4-1)33-27-29-41-47(31-33)52-48-36(19-13-22-42(48)49(41)39-20-8-11-24-45(39)51-46-25-12-9-21-40(46)49)34-26-28-38-37-18-7-10-23-43(37)50(44(38)30-34)35-16-5-2-6-17-35/h1-31H. The molecule has 244 valence electrons. The molecule has 0 unspecified atom stereocenters. The van der Waals surface area contributed by atoms with Crippen molar-refractivity contribution in [3.63, 3.8) is 0 Å². The van der Waals surface area contributed by atoms with Crippen LogP contribution in [0.1, 0.15) is 22.3 Å². The summed E-state index contributed by atoms with van der Waals surface area (Å²) in [6.45, 7) is 0. The van der Waals surface area contributed by atoms with Gasteiger partial charge in [0.15, 0.2) is 0 Å². The Morgan fingerprint density at radius 1 is 0.365 bits per heavy atom. The van der Waals surface area contributed by atoms with E-state index >= 15 is 0 Å². The summed E-state index contributed by atoms with van der Waals surface area (Å²) in [5.74, 6) is 0. The van der Waals surface area contributed by atoms with E-state index in [0.717, 1.165) is 0 Å². The van der Waals surface area contributed by atoms with E-state index in [2.05, 4.69) is 193 Å². The Bertz CT molecular complexity index is 2810. The lowest BCUT2D eigenvalue weighted by molar-refractivity contribution is 0.668. The molecule has 9 aromatic rings. The van der Waals surface area contributed by atoms with Gasteiger partial charge in [-0.05, 0) is 87.0 Å². The second-order valence-electron chi connectivity index (χ2n) is 13.6. The summed E-state index contributed by atoms with van der Waals surface area (Å²) in [4.78, 5) is 5.25. The SMILES string of the molecule is c1ccc(-c2ccc3c(c2)Sc2c(-c4ccc5c6ccccc6n(-c6ccccc6)c5c4)cccc2C32c3ccccc3Sc3ccccc32)cc1. The van der Waals surface area contributed by atoms with Gasteiger partial charge in [-0.25, -0.2) is 0 Å². The van der Waals surface area contributed by atoms with E-state index in [-0.39, 0.29) is 0 Å². The molecule has 3 heteroatoms. The van der Waals surface area contributed by atoms with Crippen LogP contribution in [0.4, 0.5) is 0 Å². The first-order valence-corrected chi connectivity index (χ1v) is 19.4. The molecule has 0 bridgehead atoms. The topological polar surface area (TPSA) is 4.93 Å². The molecule has 1 nitrogen and oxygen atoms in total. The smallest absolute Gasteiger partial charge is 0.0745 e. The van der Waals surface area contributed by atoms with Gasteiger partial charge in [-0.3, -0.25) is 0 Å². The molecule has 11 rings (SSSR count). The molecule has 0 radical (unpaired) electrons. The number of fused-ring (bicyclic) bond motifs is 11. The van der Waals surface area contributed by atoms with Crippen molar-refractivity contribution in [2.24, 2.45) is 0 Å². The van der Waals surface area contributed by atoms with Crippen molar-refractivity contribution >= 4 is 45.3 Å². The molecule has 0 saturated heterocycles. The Labute approximate surface area is 311 Å². The number of para-hydroxylation sites is 2. The Balaban J connectivity index is 1.22. The first kappa shape index (κ1) is 29.9. The van der Waals surface area contributed by atoms with Gasteiger partial charge < -0.3 is 4.57 Å². The molecule has 0 fully saturated rings. The molecule has 0 N–H and O–H groups in total. The third kappa shape index (κ3) is 4.27. The third-order valence-corrected chi connectivity index (χ3v) is 13.3. The van der Waals surface area contributed by atoms with Crippen LogP contribution in [0.2, 0.25) is 0 Å². The highest BCUT2D eigenvalue weighted by Gasteiger charge is 2.49. The molecule has 2 aliphatic rings. The van der Waals surface area contributed by atoms with E-state index in [1.165, 1.54) is 91.6 Å². The van der Waals surface area contributed by atoms with E-state index in [4.69, 9.17) is 0 Å². The van der Waals surface area contributed by atoms with Gasteiger partial charge in [0.2, 0.25) is 0 Å². The van der Waals surface area contributed by atoms with Crippen LogP contribution in [0.15, 0.2) is 208 Å². The summed E-state index contributed by atoms with van der Waals surface area (Å²) in [5, 5.41) is 2.54. The van der Waals surface area contributed by atoms with Crippen molar-refractivity contribution in [2.75, 3.05) is 0 Å². The van der Waals surface area contributed by atoms with E-state index in [1.54, 1.807) is 0 Å². The highest BCUT2D eigenvalue weighted by Crippen LogP contribution is 2.63. The first-order chi connectivity index (χ1) is 25.8. The van der Waals surface area contributed by atoms with Gasteiger partial charge in [0.1, 0.15) is 0 Å². The molecule has 2 aliphatic heterocycles. The molecule has 0 atom stereocenters. The lowest BCUT2D eigenvalue weighted by Crippen LogP contribution is -2.36. The van der Waals surface area contributed by atoms with Crippen molar-refractivity contribution in [2.45, 2.75) is 25.0 Å². The minimum absolute atomic E-state index is 0.470. The molecule has 0 amide bonds. The molecule has 52 heavy (non-hydrogen) atoms. The van der Waals surface area contributed by atoms with Crippen LogP contribution in [0.3, 0.4) is 0 Å². The van der Waals surface area contributed by atoms with Gasteiger partial charge in [-0.15, -0.1) is 0 Å². The van der Waals surface area contributed by atoms with E-state index in [0.29, 0.717) is 0 Å². The Kier molecular flexibility index (Phi) is 6.70. The van der Waals surface area contributed by atoms with Gasteiger partial charge in [0.25, 0.3) is 0 Å². The van der Waals surface area contributed by atoms with Crippen LogP contribution in [0.25, 0.3) is 49.7 Å². The zero-order valence-corrected chi connectivity index (χ0v) is 29.8. The molecule has 0 saturated carbocycles. The molecule has 1 aromatic heterocycles. The van der Waals surface area contributed by atoms with Crippen LogP contribution in [0, 0.1) is 0 Å². The number of nitrogens with zero attached hydrogens (tertiary/aromatic N) is 1.